The predicted molar refractivity (Wildman–Crippen MR) is 239 cm³/mol. The molecule has 2 heteroatoms. The Morgan fingerprint density at radius 3 is 1.36 bits per heavy atom. The Hall–Kier alpha value is -7.42. The van der Waals surface area contributed by atoms with E-state index in [1.165, 1.54) is 98.2 Å². The maximum atomic E-state index is 2.46. The lowest BCUT2D eigenvalue weighted by Gasteiger charge is -2.14. The van der Waals surface area contributed by atoms with Gasteiger partial charge in [0.25, 0.3) is 0 Å². The fraction of sp³-hybridized carbons (Fsp3) is 0. The molecular formula is C54H34N2. The van der Waals surface area contributed by atoms with E-state index in [4.69, 9.17) is 0 Å². The van der Waals surface area contributed by atoms with Gasteiger partial charge in [0.1, 0.15) is 0 Å². The minimum absolute atomic E-state index is 1.16. The molecule has 56 heavy (non-hydrogen) atoms. The molecule has 0 radical (unpaired) electrons. The van der Waals surface area contributed by atoms with Gasteiger partial charge in [0, 0.05) is 32.9 Å². The quantitative estimate of drug-likeness (QED) is 0.161. The molecule has 0 atom stereocenters. The average molecular weight is 711 g/mol. The van der Waals surface area contributed by atoms with Crippen molar-refractivity contribution in [3.63, 3.8) is 0 Å². The number of benzene rings is 10. The molecule has 0 amide bonds. The Morgan fingerprint density at radius 1 is 0.196 bits per heavy atom. The van der Waals surface area contributed by atoms with Crippen molar-refractivity contribution in [1.82, 2.24) is 9.13 Å². The highest BCUT2D eigenvalue weighted by Gasteiger charge is 2.17. The zero-order valence-electron chi connectivity index (χ0n) is 30.5. The van der Waals surface area contributed by atoms with Gasteiger partial charge >= 0.3 is 0 Å². The molecule has 0 spiro atoms. The van der Waals surface area contributed by atoms with Gasteiger partial charge in [0.05, 0.1) is 22.1 Å². The highest BCUT2D eigenvalue weighted by molar-refractivity contribution is 6.25. The van der Waals surface area contributed by atoms with Gasteiger partial charge in [-0.2, -0.15) is 0 Å². The number of rotatable bonds is 4. The molecule has 0 saturated heterocycles. The largest absolute Gasteiger partial charge is 0.309 e. The Bertz CT molecular complexity index is 3490. The smallest absolute Gasteiger partial charge is 0.0547 e. The number of hydrogen-bond donors (Lipinski definition) is 0. The highest BCUT2D eigenvalue weighted by Crippen LogP contribution is 2.41. The molecule has 0 fully saturated rings. The van der Waals surface area contributed by atoms with Crippen LogP contribution in [0, 0.1) is 0 Å². The van der Waals surface area contributed by atoms with Crippen molar-refractivity contribution >= 4 is 75.9 Å². The van der Waals surface area contributed by atoms with Gasteiger partial charge in [-0.25, -0.2) is 0 Å². The van der Waals surface area contributed by atoms with Crippen LogP contribution in [0.1, 0.15) is 0 Å². The molecule has 12 rings (SSSR count). The molecule has 0 aliphatic carbocycles. The molecule has 0 bridgehead atoms. The van der Waals surface area contributed by atoms with E-state index in [-0.39, 0.29) is 0 Å². The summed E-state index contributed by atoms with van der Waals surface area (Å²) in [6, 6.07) is 75.8. The van der Waals surface area contributed by atoms with E-state index in [1.807, 2.05) is 0 Å². The first-order chi connectivity index (χ1) is 27.8. The molecule has 260 valence electrons. The molecule has 0 saturated carbocycles. The standard InChI is InChI=1S/C54H34N2/c1-2-13-35(14-3-1)36-15-12-16-39(31-36)55-52-24-11-9-22-47(52)50-32-37(26-30-53(50)55)38-25-28-48-46-21-8-10-23-51(46)56(54(48)33-38)40-27-29-45-43-19-5-4-17-41(43)42-18-6-7-20-44(42)49(45)34-40/h1-34H. The van der Waals surface area contributed by atoms with Gasteiger partial charge < -0.3 is 9.13 Å². The molecule has 0 unspecified atom stereocenters. The van der Waals surface area contributed by atoms with Crippen LogP contribution in [-0.4, -0.2) is 9.13 Å². The third kappa shape index (κ3) is 4.57. The molecule has 12 aromatic rings. The first-order valence-electron chi connectivity index (χ1n) is 19.3. The average Bonchev–Trinajstić information content (AvgIpc) is 3.79. The minimum Gasteiger partial charge on any atom is -0.309 e. The number of hydrogen-bond acceptors (Lipinski definition) is 0. The van der Waals surface area contributed by atoms with E-state index < -0.39 is 0 Å². The summed E-state index contributed by atoms with van der Waals surface area (Å²) in [6.45, 7) is 0. The van der Waals surface area contributed by atoms with Gasteiger partial charge in [-0.1, -0.05) is 152 Å². The van der Waals surface area contributed by atoms with E-state index in [9.17, 15) is 0 Å². The van der Waals surface area contributed by atoms with E-state index in [0.717, 1.165) is 11.4 Å². The number of nitrogens with zero attached hydrogens (tertiary/aromatic N) is 2. The predicted octanol–water partition coefficient (Wildman–Crippen LogP) is 14.7. The normalized spacial score (nSPS) is 11.9. The zero-order valence-corrected chi connectivity index (χ0v) is 30.5. The highest BCUT2D eigenvalue weighted by atomic mass is 15.0. The summed E-state index contributed by atoms with van der Waals surface area (Å²) in [5.41, 5.74) is 12.0. The Balaban J connectivity index is 1.05. The van der Waals surface area contributed by atoms with Crippen LogP contribution in [0.5, 0.6) is 0 Å². The molecule has 2 aromatic heterocycles. The summed E-state index contributed by atoms with van der Waals surface area (Å²) in [5.74, 6) is 0. The summed E-state index contributed by atoms with van der Waals surface area (Å²) in [6.07, 6.45) is 0. The van der Waals surface area contributed by atoms with Crippen molar-refractivity contribution in [3.8, 4) is 33.6 Å². The summed E-state index contributed by atoms with van der Waals surface area (Å²) < 4.78 is 4.87. The van der Waals surface area contributed by atoms with Crippen molar-refractivity contribution in [3.05, 3.63) is 206 Å². The van der Waals surface area contributed by atoms with Crippen LogP contribution in [0.25, 0.3) is 110 Å². The second kappa shape index (κ2) is 12.0. The monoisotopic (exact) mass is 710 g/mol. The van der Waals surface area contributed by atoms with E-state index >= 15 is 0 Å². The van der Waals surface area contributed by atoms with E-state index in [0.29, 0.717) is 0 Å². The lowest BCUT2D eigenvalue weighted by molar-refractivity contribution is 1.18. The molecule has 2 nitrogen and oxygen atoms in total. The maximum absolute atomic E-state index is 2.46. The first kappa shape index (κ1) is 31.0. The number of fused-ring (bicyclic) bond motifs is 12. The third-order valence-corrected chi connectivity index (χ3v) is 11.9. The summed E-state index contributed by atoms with van der Waals surface area (Å²) in [4.78, 5) is 0. The van der Waals surface area contributed by atoms with E-state index in [2.05, 4.69) is 215 Å². The van der Waals surface area contributed by atoms with Crippen molar-refractivity contribution in [1.29, 1.82) is 0 Å². The second-order valence-corrected chi connectivity index (χ2v) is 14.9. The van der Waals surface area contributed by atoms with Gasteiger partial charge in [0.2, 0.25) is 0 Å². The molecule has 0 aliphatic heterocycles. The van der Waals surface area contributed by atoms with Gasteiger partial charge in [0.15, 0.2) is 0 Å². The van der Waals surface area contributed by atoms with Crippen molar-refractivity contribution in [2.75, 3.05) is 0 Å². The molecule has 0 aliphatic rings. The van der Waals surface area contributed by atoms with Crippen LogP contribution in [0.4, 0.5) is 0 Å². The van der Waals surface area contributed by atoms with Crippen LogP contribution in [0.2, 0.25) is 0 Å². The van der Waals surface area contributed by atoms with Crippen LogP contribution >= 0.6 is 0 Å². The lowest BCUT2D eigenvalue weighted by atomic mass is 9.94. The zero-order chi connectivity index (χ0) is 36.7. The molecule has 2 heterocycles. The fourth-order valence-electron chi connectivity index (χ4n) is 9.35. The van der Waals surface area contributed by atoms with E-state index in [1.54, 1.807) is 0 Å². The van der Waals surface area contributed by atoms with Crippen LogP contribution in [0.3, 0.4) is 0 Å². The summed E-state index contributed by atoms with van der Waals surface area (Å²) in [5, 5.41) is 12.7. The second-order valence-electron chi connectivity index (χ2n) is 14.9. The first-order valence-corrected chi connectivity index (χ1v) is 19.3. The third-order valence-electron chi connectivity index (χ3n) is 11.9. The van der Waals surface area contributed by atoms with Gasteiger partial charge in [-0.05, 0) is 109 Å². The fourth-order valence-corrected chi connectivity index (χ4v) is 9.35. The Morgan fingerprint density at radius 2 is 0.643 bits per heavy atom. The topological polar surface area (TPSA) is 9.86 Å². The molecular weight excluding hydrogens is 677 g/mol. The van der Waals surface area contributed by atoms with Crippen molar-refractivity contribution < 1.29 is 0 Å². The Kier molecular flexibility index (Phi) is 6.66. The molecule has 10 aromatic carbocycles. The summed E-state index contributed by atoms with van der Waals surface area (Å²) >= 11 is 0. The number of para-hydroxylation sites is 2. The maximum Gasteiger partial charge on any atom is 0.0547 e. The van der Waals surface area contributed by atoms with Crippen LogP contribution < -0.4 is 0 Å². The Labute approximate surface area is 323 Å². The van der Waals surface area contributed by atoms with Crippen molar-refractivity contribution in [2.24, 2.45) is 0 Å². The number of aromatic nitrogens is 2. The van der Waals surface area contributed by atoms with Crippen LogP contribution in [-0.2, 0) is 0 Å². The molecule has 0 N–H and O–H groups in total. The van der Waals surface area contributed by atoms with Gasteiger partial charge in [-0.15, -0.1) is 0 Å². The SMILES string of the molecule is c1ccc(-c2cccc(-n3c4ccccc4c4cc(-c5ccc6c7ccccc7n(-c7ccc8c9ccccc9c9ccccc9c8c7)c6c5)ccc43)c2)cc1. The van der Waals surface area contributed by atoms with Gasteiger partial charge in [-0.3, -0.25) is 0 Å². The van der Waals surface area contributed by atoms with Crippen LogP contribution in [0.15, 0.2) is 206 Å². The van der Waals surface area contributed by atoms with Crippen molar-refractivity contribution in [2.45, 2.75) is 0 Å². The lowest BCUT2D eigenvalue weighted by Crippen LogP contribution is -1.95. The minimum atomic E-state index is 1.16. The summed E-state index contributed by atoms with van der Waals surface area (Å²) in [7, 11) is 0.